The first kappa shape index (κ1) is 13.2. The van der Waals surface area contributed by atoms with Gasteiger partial charge in [0.25, 0.3) is 0 Å². The van der Waals surface area contributed by atoms with Crippen LogP contribution in [-0.2, 0) is 0 Å². The van der Waals surface area contributed by atoms with E-state index in [9.17, 15) is 0 Å². The summed E-state index contributed by atoms with van der Waals surface area (Å²) < 4.78 is 0. The molecule has 1 aromatic heterocycles. The van der Waals surface area contributed by atoms with Crippen LogP contribution in [0.1, 0.15) is 46.0 Å². The van der Waals surface area contributed by atoms with Crippen molar-refractivity contribution >= 4 is 11.4 Å². The van der Waals surface area contributed by atoms with E-state index in [0.717, 1.165) is 18.2 Å². The normalized spacial score (nSPS) is 16.4. The highest BCUT2D eigenvalue weighted by atomic mass is 15.2. The van der Waals surface area contributed by atoms with Gasteiger partial charge in [-0.3, -0.25) is 4.98 Å². The Labute approximate surface area is 110 Å². The van der Waals surface area contributed by atoms with Crippen molar-refractivity contribution in [3.8, 4) is 0 Å². The maximum absolute atomic E-state index is 5.86. The van der Waals surface area contributed by atoms with Crippen molar-refractivity contribution in [3.63, 3.8) is 0 Å². The Balaban J connectivity index is 2.12. The van der Waals surface area contributed by atoms with Gasteiger partial charge in [0.1, 0.15) is 0 Å². The maximum Gasteiger partial charge on any atom is 0.0575 e. The molecule has 1 aliphatic rings. The van der Waals surface area contributed by atoms with E-state index < -0.39 is 0 Å². The van der Waals surface area contributed by atoms with Crippen LogP contribution in [0.15, 0.2) is 18.5 Å². The summed E-state index contributed by atoms with van der Waals surface area (Å²) in [4.78, 5) is 6.76. The molecule has 1 fully saturated rings. The largest absolute Gasteiger partial charge is 0.397 e. The molecule has 2 N–H and O–H groups in total. The molecule has 100 valence electrons. The van der Waals surface area contributed by atoms with Gasteiger partial charge in [-0.1, -0.05) is 26.7 Å². The van der Waals surface area contributed by atoms with E-state index in [-0.39, 0.29) is 0 Å². The number of pyridine rings is 1. The van der Waals surface area contributed by atoms with Crippen LogP contribution in [0.5, 0.6) is 0 Å². The summed E-state index contributed by atoms with van der Waals surface area (Å²) >= 11 is 0. The van der Waals surface area contributed by atoms with E-state index >= 15 is 0 Å². The fourth-order valence-corrected chi connectivity index (χ4v) is 2.74. The first-order valence-corrected chi connectivity index (χ1v) is 7.14. The van der Waals surface area contributed by atoms with Gasteiger partial charge < -0.3 is 10.6 Å². The van der Waals surface area contributed by atoms with Crippen LogP contribution in [0.2, 0.25) is 0 Å². The monoisotopic (exact) mass is 247 g/mol. The van der Waals surface area contributed by atoms with Gasteiger partial charge in [-0.15, -0.1) is 0 Å². The van der Waals surface area contributed by atoms with Crippen molar-refractivity contribution in [3.05, 3.63) is 18.5 Å². The molecule has 1 aromatic rings. The minimum Gasteiger partial charge on any atom is -0.397 e. The van der Waals surface area contributed by atoms with Gasteiger partial charge in [0.15, 0.2) is 0 Å². The maximum atomic E-state index is 5.86. The molecular weight excluding hydrogens is 222 g/mol. The Kier molecular flexibility index (Phi) is 4.45. The first-order valence-electron chi connectivity index (χ1n) is 7.14. The lowest BCUT2D eigenvalue weighted by atomic mass is 10.1. The second-order valence-corrected chi connectivity index (χ2v) is 5.79. The van der Waals surface area contributed by atoms with Gasteiger partial charge in [0, 0.05) is 18.8 Å². The molecule has 3 nitrogen and oxygen atoms in total. The molecule has 0 aromatic carbocycles. The molecule has 0 radical (unpaired) electrons. The lowest BCUT2D eigenvalue weighted by molar-refractivity contribution is 0.528. The van der Waals surface area contributed by atoms with Crippen molar-refractivity contribution in [2.75, 3.05) is 17.2 Å². The fourth-order valence-electron chi connectivity index (χ4n) is 2.74. The second kappa shape index (κ2) is 6.07. The minimum atomic E-state index is 0.687. The van der Waals surface area contributed by atoms with E-state index in [1.165, 1.54) is 37.8 Å². The van der Waals surface area contributed by atoms with Gasteiger partial charge in [-0.25, -0.2) is 0 Å². The number of rotatable bonds is 5. The van der Waals surface area contributed by atoms with Crippen molar-refractivity contribution in [2.45, 2.75) is 52.0 Å². The second-order valence-electron chi connectivity index (χ2n) is 5.79. The van der Waals surface area contributed by atoms with E-state index in [2.05, 4.69) is 29.8 Å². The van der Waals surface area contributed by atoms with Gasteiger partial charge >= 0.3 is 0 Å². The molecule has 18 heavy (non-hydrogen) atoms. The van der Waals surface area contributed by atoms with Crippen LogP contribution >= 0.6 is 0 Å². The standard InChI is InChI=1S/C15H25N3/c1-12(2)7-8-18(14-5-3-4-6-14)15-9-13(16)10-17-11-15/h9-12,14H,3-8,16H2,1-2H3. The van der Waals surface area contributed by atoms with E-state index in [1.54, 1.807) is 6.20 Å². The molecule has 0 aliphatic heterocycles. The smallest absolute Gasteiger partial charge is 0.0575 e. The molecule has 1 aliphatic carbocycles. The lowest BCUT2D eigenvalue weighted by Crippen LogP contribution is -2.34. The number of anilines is 2. The average Bonchev–Trinajstić information content (AvgIpc) is 2.83. The number of aromatic nitrogens is 1. The Morgan fingerprint density at radius 3 is 2.67 bits per heavy atom. The number of hydrogen-bond donors (Lipinski definition) is 1. The van der Waals surface area contributed by atoms with Crippen molar-refractivity contribution in [1.82, 2.24) is 4.98 Å². The Bertz CT molecular complexity index is 370. The Morgan fingerprint density at radius 2 is 2.06 bits per heavy atom. The summed E-state index contributed by atoms with van der Waals surface area (Å²) in [5, 5.41) is 0. The molecule has 0 saturated heterocycles. The van der Waals surface area contributed by atoms with Crippen molar-refractivity contribution in [1.29, 1.82) is 0 Å². The zero-order valence-electron chi connectivity index (χ0n) is 11.6. The topological polar surface area (TPSA) is 42.2 Å². The molecule has 2 rings (SSSR count). The van der Waals surface area contributed by atoms with Crippen LogP contribution in [-0.4, -0.2) is 17.6 Å². The molecule has 0 spiro atoms. The predicted octanol–water partition coefficient (Wildman–Crippen LogP) is 3.46. The summed E-state index contributed by atoms with van der Waals surface area (Å²) in [6.07, 6.45) is 10.2. The SMILES string of the molecule is CC(C)CCN(c1cncc(N)c1)C1CCCC1. The Hall–Kier alpha value is -1.25. The number of nitrogens with two attached hydrogens (primary N) is 1. The highest BCUT2D eigenvalue weighted by Crippen LogP contribution is 2.29. The molecule has 1 heterocycles. The zero-order valence-corrected chi connectivity index (χ0v) is 11.6. The molecule has 0 unspecified atom stereocenters. The first-order chi connectivity index (χ1) is 8.66. The van der Waals surface area contributed by atoms with E-state index in [0.29, 0.717) is 6.04 Å². The average molecular weight is 247 g/mol. The summed E-state index contributed by atoms with van der Waals surface area (Å²) in [6, 6.07) is 2.75. The summed E-state index contributed by atoms with van der Waals surface area (Å²) in [6.45, 7) is 5.68. The van der Waals surface area contributed by atoms with E-state index in [1.807, 2.05) is 6.20 Å². The van der Waals surface area contributed by atoms with Gasteiger partial charge in [0.2, 0.25) is 0 Å². The lowest BCUT2D eigenvalue weighted by Gasteiger charge is -2.31. The number of nitrogen functional groups attached to an aromatic ring is 1. The summed E-state index contributed by atoms with van der Waals surface area (Å²) in [5.74, 6) is 0.739. The molecule has 3 heteroatoms. The Morgan fingerprint density at radius 1 is 1.33 bits per heavy atom. The predicted molar refractivity (Wildman–Crippen MR) is 77.7 cm³/mol. The quantitative estimate of drug-likeness (QED) is 0.866. The minimum absolute atomic E-state index is 0.687. The third-order valence-corrected chi connectivity index (χ3v) is 3.79. The van der Waals surface area contributed by atoms with Crippen LogP contribution in [0.25, 0.3) is 0 Å². The van der Waals surface area contributed by atoms with Gasteiger partial charge in [-0.05, 0) is 31.2 Å². The summed E-state index contributed by atoms with van der Waals surface area (Å²) in [7, 11) is 0. The van der Waals surface area contributed by atoms with Gasteiger partial charge in [0.05, 0.1) is 17.6 Å². The molecule has 0 bridgehead atoms. The van der Waals surface area contributed by atoms with Crippen molar-refractivity contribution < 1.29 is 0 Å². The fraction of sp³-hybridized carbons (Fsp3) is 0.667. The summed E-state index contributed by atoms with van der Waals surface area (Å²) in [5.41, 5.74) is 7.82. The third-order valence-electron chi connectivity index (χ3n) is 3.79. The van der Waals surface area contributed by atoms with E-state index in [4.69, 9.17) is 5.73 Å². The van der Waals surface area contributed by atoms with Gasteiger partial charge in [-0.2, -0.15) is 0 Å². The highest BCUT2D eigenvalue weighted by Gasteiger charge is 2.23. The molecular formula is C15H25N3. The number of hydrogen-bond acceptors (Lipinski definition) is 3. The molecule has 1 saturated carbocycles. The third kappa shape index (κ3) is 3.37. The molecule has 0 amide bonds. The zero-order chi connectivity index (χ0) is 13.0. The number of nitrogens with zero attached hydrogens (tertiary/aromatic N) is 2. The van der Waals surface area contributed by atoms with Crippen LogP contribution in [0, 0.1) is 5.92 Å². The van der Waals surface area contributed by atoms with Crippen LogP contribution in [0.3, 0.4) is 0 Å². The molecule has 0 atom stereocenters. The van der Waals surface area contributed by atoms with Crippen molar-refractivity contribution in [2.24, 2.45) is 5.92 Å². The van der Waals surface area contributed by atoms with Crippen LogP contribution < -0.4 is 10.6 Å². The van der Waals surface area contributed by atoms with Crippen LogP contribution in [0.4, 0.5) is 11.4 Å². The highest BCUT2D eigenvalue weighted by molar-refractivity contribution is 5.54.